The lowest BCUT2D eigenvalue weighted by Gasteiger charge is -2.20. The van der Waals surface area contributed by atoms with Gasteiger partial charge in [-0.25, -0.2) is 0 Å². The quantitative estimate of drug-likeness (QED) is 0.459. The van der Waals surface area contributed by atoms with Gasteiger partial charge in [0.1, 0.15) is 0 Å². The van der Waals surface area contributed by atoms with Crippen molar-refractivity contribution >= 4 is 0 Å². The minimum absolute atomic E-state index is 0.621. The van der Waals surface area contributed by atoms with Crippen LogP contribution in [0.4, 0.5) is 0 Å². The fourth-order valence-corrected chi connectivity index (χ4v) is 4.08. The van der Waals surface area contributed by atoms with E-state index in [1.54, 1.807) is 0 Å². The molecule has 1 aliphatic heterocycles. The summed E-state index contributed by atoms with van der Waals surface area (Å²) in [5, 5.41) is 7.64. The number of nitrogens with zero attached hydrogens (tertiary/aromatic N) is 2. The largest absolute Gasteiger partial charge is 0.339 e. The molecule has 1 aromatic heterocycles. The predicted molar refractivity (Wildman–Crippen MR) is 115 cm³/mol. The van der Waals surface area contributed by atoms with Crippen LogP contribution >= 0.6 is 0 Å². The van der Waals surface area contributed by atoms with Gasteiger partial charge in [0, 0.05) is 12.0 Å². The first-order valence-corrected chi connectivity index (χ1v) is 11.5. The van der Waals surface area contributed by atoms with Gasteiger partial charge in [0.25, 0.3) is 0 Å². The number of rotatable bonds is 12. The van der Waals surface area contributed by atoms with Crippen LogP contribution < -0.4 is 5.32 Å². The Morgan fingerprint density at radius 3 is 2.46 bits per heavy atom. The molecule has 28 heavy (non-hydrogen) atoms. The van der Waals surface area contributed by atoms with E-state index in [2.05, 4.69) is 46.6 Å². The Morgan fingerprint density at radius 1 is 1.00 bits per heavy atom. The van der Waals surface area contributed by atoms with E-state index >= 15 is 0 Å². The van der Waals surface area contributed by atoms with Crippen LogP contribution in [-0.2, 0) is 12.8 Å². The molecular weight excluding hydrogens is 346 g/mol. The smallest absolute Gasteiger partial charge is 0.227 e. The van der Waals surface area contributed by atoms with Crippen molar-refractivity contribution < 1.29 is 4.52 Å². The summed E-state index contributed by atoms with van der Waals surface area (Å²) in [7, 11) is 0. The number of nitrogens with one attached hydrogen (secondary N) is 1. The van der Waals surface area contributed by atoms with Crippen molar-refractivity contribution in [1.82, 2.24) is 15.5 Å². The van der Waals surface area contributed by atoms with Crippen molar-refractivity contribution in [3.8, 4) is 11.4 Å². The maximum Gasteiger partial charge on any atom is 0.227 e. The monoisotopic (exact) mass is 383 g/mol. The number of aromatic nitrogens is 2. The van der Waals surface area contributed by atoms with E-state index in [1.165, 1.54) is 76.2 Å². The third-order valence-electron chi connectivity index (χ3n) is 5.86. The van der Waals surface area contributed by atoms with Crippen LogP contribution in [0.2, 0.25) is 0 Å². The summed E-state index contributed by atoms with van der Waals surface area (Å²) in [6.45, 7) is 4.47. The summed E-state index contributed by atoms with van der Waals surface area (Å²) >= 11 is 0. The van der Waals surface area contributed by atoms with E-state index in [4.69, 9.17) is 4.52 Å². The Balaban J connectivity index is 1.38. The molecule has 0 saturated carbocycles. The molecule has 1 aromatic carbocycles. The summed E-state index contributed by atoms with van der Waals surface area (Å²) in [5.41, 5.74) is 2.46. The standard InChI is InChI=1S/C24H37N3O/c1-2-3-4-5-6-7-8-9-11-20-13-15-22(16-14-20)24-26-23(28-27-24)18-21-12-10-17-25-19-21/h13-16,21,25H,2-12,17-19H2,1H3/t21-/m0/s1. The van der Waals surface area contributed by atoms with Crippen LogP contribution in [0.1, 0.15) is 82.6 Å². The predicted octanol–water partition coefficient (Wildman–Crippen LogP) is 5.96. The Hall–Kier alpha value is -1.68. The van der Waals surface area contributed by atoms with E-state index in [0.717, 1.165) is 36.8 Å². The van der Waals surface area contributed by atoms with Gasteiger partial charge in [0.05, 0.1) is 0 Å². The second-order valence-electron chi connectivity index (χ2n) is 8.35. The van der Waals surface area contributed by atoms with E-state index in [1.807, 2.05) is 0 Å². The molecule has 3 rings (SSSR count). The highest BCUT2D eigenvalue weighted by molar-refractivity contribution is 5.54. The van der Waals surface area contributed by atoms with Crippen molar-refractivity contribution in [3.05, 3.63) is 35.7 Å². The molecule has 4 nitrogen and oxygen atoms in total. The molecule has 0 radical (unpaired) electrons. The minimum atomic E-state index is 0.621. The molecule has 0 amide bonds. The molecule has 0 unspecified atom stereocenters. The number of hydrogen-bond donors (Lipinski definition) is 1. The van der Waals surface area contributed by atoms with E-state index < -0.39 is 0 Å². The molecule has 1 fully saturated rings. The highest BCUT2D eigenvalue weighted by atomic mass is 16.5. The molecule has 0 bridgehead atoms. The number of aryl methyl sites for hydroxylation is 1. The minimum Gasteiger partial charge on any atom is -0.339 e. The molecule has 4 heteroatoms. The lowest BCUT2D eigenvalue weighted by atomic mass is 9.96. The van der Waals surface area contributed by atoms with Gasteiger partial charge in [-0.15, -0.1) is 0 Å². The van der Waals surface area contributed by atoms with Gasteiger partial charge in [-0.3, -0.25) is 0 Å². The zero-order valence-electron chi connectivity index (χ0n) is 17.6. The first-order valence-electron chi connectivity index (χ1n) is 11.5. The summed E-state index contributed by atoms with van der Waals surface area (Å²) < 4.78 is 5.49. The number of hydrogen-bond acceptors (Lipinski definition) is 4. The summed E-state index contributed by atoms with van der Waals surface area (Å²) in [6, 6.07) is 8.71. The van der Waals surface area contributed by atoms with Crippen molar-refractivity contribution in [2.75, 3.05) is 13.1 Å². The van der Waals surface area contributed by atoms with Crippen molar-refractivity contribution in [2.24, 2.45) is 5.92 Å². The average Bonchev–Trinajstić information content (AvgIpc) is 3.20. The Bertz CT molecular complexity index is 659. The summed E-state index contributed by atoms with van der Waals surface area (Å²) in [4.78, 5) is 4.62. The third kappa shape index (κ3) is 7.05. The highest BCUT2D eigenvalue weighted by Crippen LogP contribution is 2.21. The second-order valence-corrected chi connectivity index (χ2v) is 8.35. The van der Waals surface area contributed by atoms with Crippen LogP contribution in [0.3, 0.4) is 0 Å². The molecular formula is C24H37N3O. The number of benzene rings is 1. The first-order chi connectivity index (χ1) is 13.8. The van der Waals surface area contributed by atoms with Gasteiger partial charge < -0.3 is 9.84 Å². The van der Waals surface area contributed by atoms with E-state index in [9.17, 15) is 0 Å². The molecule has 0 spiro atoms. The zero-order valence-corrected chi connectivity index (χ0v) is 17.6. The molecule has 154 valence electrons. The van der Waals surface area contributed by atoms with Crippen LogP contribution in [0.15, 0.2) is 28.8 Å². The maximum atomic E-state index is 5.49. The van der Waals surface area contributed by atoms with Gasteiger partial charge in [-0.05, 0) is 50.3 Å². The van der Waals surface area contributed by atoms with Crippen LogP contribution in [0.5, 0.6) is 0 Å². The Morgan fingerprint density at radius 2 is 1.75 bits per heavy atom. The van der Waals surface area contributed by atoms with E-state index in [-0.39, 0.29) is 0 Å². The second kappa shape index (κ2) is 12.0. The molecule has 1 atom stereocenters. The Kier molecular flexibility index (Phi) is 9.02. The van der Waals surface area contributed by atoms with Crippen molar-refractivity contribution in [2.45, 2.75) is 84.0 Å². The fraction of sp³-hybridized carbons (Fsp3) is 0.667. The lowest BCUT2D eigenvalue weighted by molar-refractivity contribution is 0.316. The maximum absolute atomic E-state index is 5.49. The molecule has 2 aromatic rings. The molecule has 1 saturated heterocycles. The molecule has 1 aliphatic rings. The first kappa shape index (κ1) is 21.0. The zero-order chi connectivity index (χ0) is 19.4. The van der Waals surface area contributed by atoms with Gasteiger partial charge >= 0.3 is 0 Å². The van der Waals surface area contributed by atoms with Gasteiger partial charge in [0.15, 0.2) is 0 Å². The third-order valence-corrected chi connectivity index (χ3v) is 5.86. The topological polar surface area (TPSA) is 51.0 Å². The summed E-state index contributed by atoms with van der Waals surface area (Å²) in [6.07, 6.45) is 15.5. The normalized spacial score (nSPS) is 17.1. The number of piperidine rings is 1. The van der Waals surface area contributed by atoms with Crippen molar-refractivity contribution in [1.29, 1.82) is 0 Å². The molecule has 0 aliphatic carbocycles. The van der Waals surface area contributed by atoms with Crippen LogP contribution in [-0.4, -0.2) is 23.2 Å². The highest BCUT2D eigenvalue weighted by Gasteiger charge is 2.17. The lowest BCUT2D eigenvalue weighted by Crippen LogP contribution is -2.30. The van der Waals surface area contributed by atoms with Crippen LogP contribution in [0.25, 0.3) is 11.4 Å². The summed E-state index contributed by atoms with van der Waals surface area (Å²) in [5.74, 6) is 2.11. The number of unbranched alkanes of at least 4 members (excludes halogenated alkanes) is 7. The van der Waals surface area contributed by atoms with E-state index in [0.29, 0.717) is 5.92 Å². The van der Waals surface area contributed by atoms with Gasteiger partial charge in [-0.2, -0.15) is 4.98 Å². The van der Waals surface area contributed by atoms with Crippen molar-refractivity contribution in [3.63, 3.8) is 0 Å². The Labute approximate surface area is 170 Å². The van der Waals surface area contributed by atoms with Crippen LogP contribution in [0, 0.1) is 5.92 Å². The SMILES string of the molecule is CCCCCCCCCCc1ccc(-c2noc(C[C@@H]3CCCNC3)n2)cc1. The van der Waals surface area contributed by atoms with Gasteiger partial charge in [-0.1, -0.05) is 81.3 Å². The fourth-order valence-electron chi connectivity index (χ4n) is 4.08. The molecule has 1 N–H and O–H groups in total. The van der Waals surface area contributed by atoms with Gasteiger partial charge in [0.2, 0.25) is 11.7 Å². The average molecular weight is 384 g/mol. The molecule has 2 heterocycles.